The van der Waals surface area contributed by atoms with Gasteiger partial charge in [-0.15, -0.1) is 0 Å². The summed E-state index contributed by atoms with van der Waals surface area (Å²) in [5.74, 6) is 2.65. The third-order valence-corrected chi connectivity index (χ3v) is 9.16. The second-order valence-corrected chi connectivity index (χ2v) is 10.8. The fraction of sp³-hybridized carbons (Fsp3) is 0.870. The van der Waals surface area contributed by atoms with Gasteiger partial charge in [0.25, 0.3) is 0 Å². The summed E-state index contributed by atoms with van der Waals surface area (Å²) in [5.41, 5.74) is -0.848. The van der Waals surface area contributed by atoms with E-state index in [1.54, 1.807) is 0 Å². The van der Waals surface area contributed by atoms with Crippen LogP contribution in [0.3, 0.4) is 0 Å². The number of hydrogen-bond donors (Lipinski definition) is 0. The summed E-state index contributed by atoms with van der Waals surface area (Å²) < 4.78 is 16.6. The molecular weight excluding hydrogens is 372 g/mol. The monoisotopic (exact) mass is 404 g/mol. The molecule has 1 aliphatic heterocycles. The third-order valence-electron chi connectivity index (χ3n) is 9.16. The van der Waals surface area contributed by atoms with E-state index in [2.05, 4.69) is 0 Å². The highest BCUT2D eigenvalue weighted by Crippen LogP contribution is 2.72. The van der Waals surface area contributed by atoms with Gasteiger partial charge in [0, 0.05) is 0 Å². The molecule has 1 saturated heterocycles. The van der Waals surface area contributed by atoms with E-state index in [4.69, 9.17) is 14.2 Å². The van der Waals surface area contributed by atoms with Crippen molar-refractivity contribution in [1.29, 1.82) is 0 Å². The number of ether oxygens (including phenoxy) is 3. The second-order valence-electron chi connectivity index (χ2n) is 10.8. The molecule has 0 aromatic rings. The first-order valence-electron chi connectivity index (χ1n) is 11.2. The predicted molar refractivity (Wildman–Crippen MR) is 103 cm³/mol. The van der Waals surface area contributed by atoms with Crippen molar-refractivity contribution >= 4 is 17.7 Å². The van der Waals surface area contributed by atoms with E-state index in [0.717, 1.165) is 25.7 Å². The SMILES string of the molecule is CCC(C)(C)C(=O)OCC(=O)OC1CC2CC1C1C2C2CC1C1(COCC1=O)C2. The first kappa shape index (κ1) is 19.5. The lowest BCUT2D eigenvalue weighted by molar-refractivity contribution is -0.170. The van der Waals surface area contributed by atoms with Crippen LogP contribution in [0.1, 0.15) is 52.9 Å². The van der Waals surface area contributed by atoms with Crippen molar-refractivity contribution in [1.82, 2.24) is 0 Å². The highest BCUT2D eigenvalue weighted by molar-refractivity contribution is 5.88. The molecule has 4 aliphatic carbocycles. The highest BCUT2D eigenvalue weighted by atomic mass is 16.6. The Kier molecular flexibility index (Phi) is 4.40. The predicted octanol–water partition coefficient (Wildman–Crippen LogP) is 2.78. The zero-order valence-corrected chi connectivity index (χ0v) is 17.6. The van der Waals surface area contributed by atoms with Crippen LogP contribution < -0.4 is 0 Å². The van der Waals surface area contributed by atoms with Gasteiger partial charge in [0.05, 0.1) is 17.4 Å². The highest BCUT2D eigenvalue weighted by Gasteiger charge is 2.71. The van der Waals surface area contributed by atoms with Crippen molar-refractivity contribution < 1.29 is 28.6 Å². The lowest BCUT2D eigenvalue weighted by Gasteiger charge is -2.44. The van der Waals surface area contributed by atoms with Crippen molar-refractivity contribution in [2.45, 2.75) is 59.0 Å². The molecule has 6 nitrogen and oxygen atoms in total. The fourth-order valence-corrected chi connectivity index (χ4v) is 7.57. The minimum atomic E-state index is -0.590. The number of hydrogen-bond acceptors (Lipinski definition) is 6. The van der Waals surface area contributed by atoms with Gasteiger partial charge in [-0.3, -0.25) is 9.59 Å². The van der Waals surface area contributed by atoms with Gasteiger partial charge in [0.1, 0.15) is 12.7 Å². The number of carbonyl (C=O) groups excluding carboxylic acids is 3. The molecule has 29 heavy (non-hydrogen) atoms. The quantitative estimate of drug-likeness (QED) is 0.518. The molecule has 1 heterocycles. The van der Waals surface area contributed by atoms with Crippen molar-refractivity contribution in [2.24, 2.45) is 46.3 Å². The number of rotatable bonds is 5. The molecule has 0 N–H and O–H groups in total. The average Bonchev–Trinajstić information content (AvgIpc) is 3.47. The molecule has 5 fully saturated rings. The normalized spacial score (nSPS) is 44.5. The van der Waals surface area contributed by atoms with Crippen LogP contribution in [0.2, 0.25) is 0 Å². The Balaban J connectivity index is 1.22. The Hall–Kier alpha value is -1.43. The molecule has 5 rings (SSSR count). The van der Waals surface area contributed by atoms with Gasteiger partial charge in [-0.1, -0.05) is 6.92 Å². The third kappa shape index (κ3) is 2.74. The minimum absolute atomic E-state index is 0.0968. The van der Waals surface area contributed by atoms with Gasteiger partial charge >= 0.3 is 11.9 Å². The molecule has 5 aliphatic rings. The van der Waals surface area contributed by atoms with E-state index in [-0.39, 0.29) is 30.7 Å². The molecule has 4 bridgehead atoms. The van der Waals surface area contributed by atoms with Crippen LogP contribution in [0.15, 0.2) is 0 Å². The number of fused-ring (bicyclic) bond motifs is 10. The summed E-state index contributed by atoms with van der Waals surface area (Å²) in [6.45, 7) is 6.10. The Labute approximate surface area is 172 Å². The Morgan fingerprint density at radius 2 is 1.97 bits per heavy atom. The van der Waals surface area contributed by atoms with E-state index in [1.165, 1.54) is 0 Å². The van der Waals surface area contributed by atoms with Gasteiger partial charge in [0.15, 0.2) is 12.4 Å². The van der Waals surface area contributed by atoms with E-state index in [0.29, 0.717) is 54.3 Å². The Morgan fingerprint density at radius 3 is 2.66 bits per heavy atom. The number of carbonyl (C=O) groups is 3. The van der Waals surface area contributed by atoms with Crippen LogP contribution in [0.4, 0.5) is 0 Å². The summed E-state index contributed by atoms with van der Waals surface area (Å²) in [6, 6.07) is 0. The van der Waals surface area contributed by atoms with Crippen molar-refractivity contribution in [3.8, 4) is 0 Å². The fourth-order valence-electron chi connectivity index (χ4n) is 7.57. The second kappa shape index (κ2) is 6.53. The van der Waals surface area contributed by atoms with Crippen LogP contribution in [0.25, 0.3) is 0 Å². The molecule has 1 spiro atoms. The first-order chi connectivity index (χ1) is 13.8. The minimum Gasteiger partial charge on any atom is -0.460 e. The van der Waals surface area contributed by atoms with Gasteiger partial charge < -0.3 is 14.2 Å². The Morgan fingerprint density at radius 1 is 1.17 bits per heavy atom. The topological polar surface area (TPSA) is 78.9 Å². The molecule has 8 unspecified atom stereocenters. The molecule has 0 aromatic carbocycles. The molecule has 6 heteroatoms. The van der Waals surface area contributed by atoms with E-state index in [1.807, 2.05) is 20.8 Å². The van der Waals surface area contributed by atoms with Crippen molar-refractivity contribution in [2.75, 3.05) is 19.8 Å². The van der Waals surface area contributed by atoms with Crippen LogP contribution in [-0.2, 0) is 28.6 Å². The van der Waals surface area contributed by atoms with Crippen LogP contribution >= 0.6 is 0 Å². The van der Waals surface area contributed by atoms with Gasteiger partial charge in [-0.05, 0) is 81.5 Å². The maximum Gasteiger partial charge on any atom is 0.344 e. The van der Waals surface area contributed by atoms with E-state index >= 15 is 0 Å². The lowest BCUT2D eigenvalue weighted by atomic mass is 9.60. The number of esters is 2. The molecular formula is C23H32O6. The maximum atomic E-state index is 12.6. The maximum absolute atomic E-state index is 12.6. The van der Waals surface area contributed by atoms with Crippen LogP contribution in [0, 0.1) is 46.3 Å². The molecule has 160 valence electrons. The molecule has 4 saturated carbocycles. The van der Waals surface area contributed by atoms with E-state index < -0.39 is 11.4 Å². The van der Waals surface area contributed by atoms with Crippen LogP contribution in [0.5, 0.6) is 0 Å². The largest absolute Gasteiger partial charge is 0.460 e. The smallest absolute Gasteiger partial charge is 0.344 e. The summed E-state index contributed by atoms with van der Waals surface area (Å²) >= 11 is 0. The molecule has 0 aromatic heterocycles. The standard InChI is InChI=1S/C23H32O6/c1-4-22(2,3)21(26)28-10-18(25)29-16-7-12-5-14(16)20-15-6-13(19(12)20)8-23(15)11-27-9-17(23)24/h12-16,19-20H,4-11H2,1-3H3. The zero-order valence-electron chi connectivity index (χ0n) is 17.6. The van der Waals surface area contributed by atoms with E-state index in [9.17, 15) is 14.4 Å². The number of ketones is 1. The van der Waals surface area contributed by atoms with Crippen LogP contribution in [-0.4, -0.2) is 43.6 Å². The molecule has 8 atom stereocenters. The average molecular weight is 405 g/mol. The van der Waals surface area contributed by atoms with Crippen molar-refractivity contribution in [3.05, 3.63) is 0 Å². The Bertz CT molecular complexity index is 744. The number of Topliss-reactive ketones (excluding diaryl/α,β-unsaturated/α-hetero) is 1. The zero-order chi connectivity index (χ0) is 20.6. The van der Waals surface area contributed by atoms with Gasteiger partial charge in [0.2, 0.25) is 0 Å². The molecule has 0 amide bonds. The molecule has 0 radical (unpaired) electrons. The van der Waals surface area contributed by atoms with Crippen molar-refractivity contribution in [3.63, 3.8) is 0 Å². The van der Waals surface area contributed by atoms with Gasteiger partial charge in [-0.25, -0.2) is 4.79 Å². The summed E-state index contributed by atoms with van der Waals surface area (Å²) in [4.78, 5) is 37.1. The summed E-state index contributed by atoms with van der Waals surface area (Å²) in [7, 11) is 0. The summed E-state index contributed by atoms with van der Waals surface area (Å²) in [6.07, 6.45) is 4.74. The summed E-state index contributed by atoms with van der Waals surface area (Å²) in [5, 5.41) is 0. The lowest BCUT2D eigenvalue weighted by Crippen LogP contribution is -2.47. The first-order valence-corrected chi connectivity index (χ1v) is 11.2. The van der Waals surface area contributed by atoms with Gasteiger partial charge in [-0.2, -0.15) is 0 Å².